The molecule has 2 bridgehead atoms. The van der Waals surface area contributed by atoms with E-state index in [2.05, 4.69) is 0 Å². The number of hydrogen-bond donors (Lipinski definition) is 1. The van der Waals surface area contributed by atoms with Crippen molar-refractivity contribution in [2.75, 3.05) is 7.05 Å². The molecule has 76 valence electrons. The molecule has 1 amide bonds. The molecule has 1 fully saturated rings. The number of likely N-dealkylation sites (N-methyl/N-ethyl adjacent to an activating group) is 1. The first kappa shape index (κ1) is 9.24. The fraction of sp³-hybridized carbons (Fsp3) is 0.600. The van der Waals surface area contributed by atoms with Gasteiger partial charge in [-0.1, -0.05) is 6.08 Å². The van der Waals surface area contributed by atoms with Gasteiger partial charge >= 0.3 is 5.97 Å². The smallest absolute Gasteiger partial charge is 0.333 e. The largest absolute Gasteiger partial charge is 0.478 e. The number of carbonyl (C=O) groups excluding carboxylic acids is 1. The second-order valence-corrected chi connectivity index (χ2v) is 3.94. The molecular formula is C10H13NO3. The summed E-state index contributed by atoms with van der Waals surface area (Å²) in [5, 5.41) is 8.98. The lowest BCUT2D eigenvalue weighted by atomic mass is 9.92. The highest BCUT2D eigenvalue weighted by molar-refractivity contribution is 5.91. The molecule has 0 aromatic rings. The molecule has 14 heavy (non-hydrogen) atoms. The predicted octanol–water partition coefficient (Wildman–Crippen LogP) is 0.638. The molecule has 2 unspecified atom stereocenters. The van der Waals surface area contributed by atoms with Gasteiger partial charge in [-0.25, -0.2) is 4.79 Å². The summed E-state index contributed by atoms with van der Waals surface area (Å²) in [5.74, 6) is -0.793. The Morgan fingerprint density at radius 3 is 2.93 bits per heavy atom. The molecule has 0 aromatic heterocycles. The molecule has 4 heteroatoms. The van der Waals surface area contributed by atoms with Crippen LogP contribution in [0.1, 0.15) is 19.3 Å². The molecule has 0 radical (unpaired) electrons. The van der Waals surface area contributed by atoms with Crippen LogP contribution in [0.3, 0.4) is 0 Å². The van der Waals surface area contributed by atoms with E-state index in [4.69, 9.17) is 5.11 Å². The van der Waals surface area contributed by atoms with E-state index in [1.54, 1.807) is 18.0 Å². The van der Waals surface area contributed by atoms with Crippen molar-refractivity contribution >= 4 is 11.9 Å². The van der Waals surface area contributed by atoms with Crippen LogP contribution in [0.5, 0.6) is 0 Å². The van der Waals surface area contributed by atoms with Crippen LogP contribution in [0.25, 0.3) is 0 Å². The minimum Gasteiger partial charge on any atom is -0.478 e. The minimum atomic E-state index is -0.891. The van der Waals surface area contributed by atoms with Crippen molar-refractivity contribution in [1.82, 2.24) is 4.90 Å². The van der Waals surface area contributed by atoms with E-state index >= 15 is 0 Å². The number of fused-ring (bicyclic) bond motifs is 3. The van der Waals surface area contributed by atoms with Crippen molar-refractivity contribution in [2.24, 2.45) is 5.92 Å². The van der Waals surface area contributed by atoms with Gasteiger partial charge in [0.15, 0.2) is 0 Å². The Kier molecular flexibility index (Phi) is 2.06. The standard InChI is InChI=1S/C10H13NO3/c1-11-8-5-3-6(9(11)12)2-4-7(8)10(13)14/h4,6,8H,2-3,5H2,1H3,(H,13,14). The van der Waals surface area contributed by atoms with Crippen LogP contribution in [0, 0.1) is 5.92 Å². The van der Waals surface area contributed by atoms with E-state index in [-0.39, 0.29) is 17.9 Å². The second kappa shape index (κ2) is 3.12. The first-order valence-electron chi connectivity index (χ1n) is 4.81. The molecule has 1 saturated heterocycles. The summed E-state index contributed by atoms with van der Waals surface area (Å²) in [6, 6.07) is -0.209. The lowest BCUT2D eigenvalue weighted by Crippen LogP contribution is -2.45. The summed E-state index contributed by atoms with van der Waals surface area (Å²) in [6.07, 6.45) is 3.90. The van der Waals surface area contributed by atoms with Crippen molar-refractivity contribution in [3.05, 3.63) is 11.6 Å². The number of aliphatic carboxylic acids is 1. The number of piperidine rings is 1. The van der Waals surface area contributed by atoms with Gasteiger partial charge in [0, 0.05) is 13.0 Å². The van der Waals surface area contributed by atoms with Crippen molar-refractivity contribution in [2.45, 2.75) is 25.3 Å². The normalized spacial score (nSPS) is 31.4. The molecule has 2 aliphatic heterocycles. The average molecular weight is 195 g/mol. The van der Waals surface area contributed by atoms with Crippen LogP contribution < -0.4 is 0 Å². The molecule has 0 saturated carbocycles. The maximum Gasteiger partial charge on any atom is 0.333 e. The molecule has 3 aliphatic rings. The quantitative estimate of drug-likeness (QED) is 0.668. The van der Waals surface area contributed by atoms with Crippen LogP contribution in [0.2, 0.25) is 0 Å². The Balaban J connectivity index is 2.36. The average Bonchev–Trinajstić information content (AvgIpc) is 2.41. The van der Waals surface area contributed by atoms with E-state index in [9.17, 15) is 9.59 Å². The fourth-order valence-corrected chi connectivity index (χ4v) is 2.34. The van der Waals surface area contributed by atoms with Gasteiger partial charge in [0.1, 0.15) is 0 Å². The number of carboxylic acid groups (broad SMARTS) is 1. The highest BCUT2D eigenvalue weighted by Gasteiger charge is 2.38. The van der Waals surface area contributed by atoms with Crippen LogP contribution >= 0.6 is 0 Å². The Bertz CT molecular complexity index is 321. The van der Waals surface area contributed by atoms with E-state index in [1.807, 2.05) is 0 Å². The van der Waals surface area contributed by atoms with Crippen LogP contribution in [0.15, 0.2) is 11.6 Å². The zero-order chi connectivity index (χ0) is 10.3. The summed E-state index contributed by atoms with van der Waals surface area (Å²) in [7, 11) is 1.70. The molecule has 2 heterocycles. The molecule has 0 spiro atoms. The summed E-state index contributed by atoms with van der Waals surface area (Å²) in [4.78, 5) is 24.2. The van der Waals surface area contributed by atoms with Gasteiger partial charge in [0.2, 0.25) is 5.91 Å². The highest BCUT2D eigenvalue weighted by atomic mass is 16.4. The Morgan fingerprint density at radius 2 is 2.29 bits per heavy atom. The van der Waals surface area contributed by atoms with Crippen molar-refractivity contribution in [3.8, 4) is 0 Å². The van der Waals surface area contributed by atoms with E-state index in [0.717, 1.165) is 12.8 Å². The van der Waals surface area contributed by atoms with Crippen LogP contribution in [-0.4, -0.2) is 35.0 Å². The molecular weight excluding hydrogens is 182 g/mol. The SMILES string of the molecule is CN1C(=O)C2CC=C(C(=O)O)C1CC2. The Labute approximate surface area is 82.2 Å². The third kappa shape index (κ3) is 1.22. The van der Waals surface area contributed by atoms with Crippen LogP contribution in [0.4, 0.5) is 0 Å². The molecule has 0 aromatic carbocycles. The number of amides is 1. The number of rotatable bonds is 1. The van der Waals surface area contributed by atoms with Crippen molar-refractivity contribution < 1.29 is 14.7 Å². The second-order valence-electron chi connectivity index (χ2n) is 3.94. The maximum atomic E-state index is 11.7. The van der Waals surface area contributed by atoms with Gasteiger partial charge in [0.05, 0.1) is 11.6 Å². The van der Waals surface area contributed by atoms with Crippen molar-refractivity contribution in [3.63, 3.8) is 0 Å². The summed E-state index contributed by atoms with van der Waals surface area (Å²) in [5.41, 5.74) is 0.390. The third-order valence-electron chi connectivity index (χ3n) is 3.18. The van der Waals surface area contributed by atoms with Crippen molar-refractivity contribution in [1.29, 1.82) is 0 Å². The van der Waals surface area contributed by atoms with E-state index < -0.39 is 5.97 Å². The lowest BCUT2D eigenvalue weighted by molar-refractivity contribution is -0.139. The molecule has 3 rings (SSSR count). The third-order valence-corrected chi connectivity index (χ3v) is 3.18. The number of hydrogen-bond acceptors (Lipinski definition) is 2. The summed E-state index contributed by atoms with van der Waals surface area (Å²) >= 11 is 0. The maximum absolute atomic E-state index is 11.7. The first-order valence-corrected chi connectivity index (χ1v) is 4.81. The van der Waals surface area contributed by atoms with E-state index in [0.29, 0.717) is 12.0 Å². The fourth-order valence-electron chi connectivity index (χ4n) is 2.34. The first-order chi connectivity index (χ1) is 6.61. The van der Waals surface area contributed by atoms with Gasteiger partial charge in [-0.05, 0) is 19.3 Å². The zero-order valence-corrected chi connectivity index (χ0v) is 8.06. The predicted molar refractivity (Wildman–Crippen MR) is 49.6 cm³/mol. The monoisotopic (exact) mass is 195 g/mol. The molecule has 1 N–H and O–H groups in total. The zero-order valence-electron chi connectivity index (χ0n) is 8.06. The van der Waals surface area contributed by atoms with Gasteiger partial charge in [-0.3, -0.25) is 4.79 Å². The van der Waals surface area contributed by atoms with Gasteiger partial charge in [0.25, 0.3) is 0 Å². The summed E-state index contributed by atoms with van der Waals surface area (Å²) in [6.45, 7) is 0. The summed E-state index contributed by atoms with van der Waals surface area (Å²) < 4.78 is 0. The Hall–Kier alpha value is -1.32. The van der Waals surface area contributed by atoms with Gasteiger partial charge in [-0.2, -0.15) is 0 Å². The molecule has 2 atom stereocenters. The number of carboxylic acids is 1. The number of allylic oxidation sites excluding steroid dienone is 1. The topological polar surface area (TPSA) is 57.6 Å². The minimum absolute atomic E-state index is 0.00750. The molecule has 1 aliphatic carbocycles. The van der Waals surface area contributed by atoms with Gasteiger partial charge < -0.3 is 10.0 Å². The Morgan fingerprint density at radius 1 is 1.57 bits per heavy atom. The van der Waals surface area contributed by atoms with Gasteiger partial charge in [-0.15, -0.1) is 0 Å². The highest BCUT2D eigenvalue weighted by Crippen LogP contribution is 2.33. The lowest BCUT2D eigenvalue weighted by Gasteiger charge is -2.34. The van der Waals surface area contributed by atoms with E-state index in [1.165, 1.54) is 0 Å². The number of carbonyl (C=O) groups is 2. The molecule has 4 nitrogen and oxygen atoms in total. The van der Waals surface area contributed by atoms with Crippen LogP contribution in [-0.2, 0) is 9.59 Å². The number of nitrogens with zero attached hydrogens (tertiary/aromatic N) is 1.